The van der Waals surface area contributed by atoms with E-state index in [1.54, 1.807) is 0 Å². The maximum absolute atomic E-state index is 12.0. The predicted molar refractivity (Wildman–Crippen MR) is 124 cm³/mol. The molecule has 1 atom stereocenters. The first-order chi connectivity index (χ1) is 14.4. The minimum atomic E-state index is -0.185. The number of methoxy groups -OCH3 is 1. The van der Waals surface area contributed by atoms with Crippen LogP contribution in [0, 0.1) is 13.8 Å². The molecule has 162 valence electrons. The third kappa shape index (κ3) is 5.63. The molecule has 0 N–H and O–H groups in total. The number of hydrogen-bond donors (Lipinski definition) is 0. The van der Waals surface area contributed by atoms with Gasteiger partial charge in [-0.15, -0.1) is 0 Å². The topological polar surface area (TPSA) is 32.8 Å². The van der Waals surface area contributed by atoms with Crippen LogP contribution in [0.3, 0.4) is 0 Å². The summed E-state index contributed by atoms with van der Waals surface area (Å²) in [7, 11) is 1.47. The summed E-state index contributed by atoms with van der Waals surface area (Å²) in [6.45, 7) is 11.9. The summed E-state index contributed by atoms with van der Waals surface area (Å²) in [6.07, 6.45) is 2.48. The van der Waals surface area contributed by atoms with Gasteiger partial charge in [0.05, 0.1) is 13.5 Å². The van der Waals surface area contributed by atoms with Crippen LogP contribution < -0.4 is 4.90 Å². The normalized spacial score (nSPS) is 16.9. The van der Waals surface area contributed by atoms with Crippen LogP contribution in [0.15, 0.2) is 48.5 Å². The van der Waals surface area contributed by atoms with Gasteiger partial charge in [0.1, 0.15) is 0 Å². The van der Waals surface area contributed by atoms with E-state index in [4.69, 9.17) is 4.74 Å². The lowest BCUT2D eigenvalue weighted by Gasteiger charge is -2.37. The molecule has 1 fully saturated rings. The molecule has 0 saturated carbocycles. The number of ether oxygens (including phenoxy) is 1. The quantitative estimate of drug-likeness (QED) is 0.592. The number of carbonyl (C=O) groups is 1. The van der Waals surface area contributed by atoms with Gasteiger partial charge in [-0.25, -0.2) is 0 Å². The number of piperazine rings is 1. The minimum Gasteiger partial charge on any atom is -0.469 e. The van der Waals surface area contributed by atoms with Crippen LogP contribution in [0.5, 0.6) is 0 Å². The summed E-state index contributed by atoms with van der Waals surface area (Å²) in [6, 6.07) is 17.2. The second-order valence-electron chi connectivity index (χ2n) is 8.88. The first-order valence-electron chi connectivity index (χ1n) is 11.1. The van der Waals surface area contributed by atoms with Crippen molar-refractivity contribution in [2.75, 3.05) is 44.7 Å². The first kappa shape index (κ1) is 22.4. The van der Waals surface area contributed by atoms with Crippen LogP contribution in [-0.4, -0.2) is 50.7 Å². The van der Waals surface area contributed by atoms with E-state index < -0.39 is 0 Å². The van der Waals surface area contributed by atoms with E-state index in [1.165, 1.54) is 29.5 Å². The molecule has 0 bridgehead atoms. The zero-order valence-electron chi connectivity index (χ0n) is 19.0. The smallest absolute Gasteiger partial charge is 0.306 e. The lowest BCUT2D eigenvalue weighted by Crippen LogP contribution is -2.46. The number of esters is 1. The molecule has 0 amide bonds. The maximum atomic E-state index is 12.0. The molecule has 0 aromatic heterocycles. The Morgan fingerprint density at radius 2 is 1.70 bits per heavy atom. The van der Waals surface area contributed by atoms with E-state index >= 15 is 0 Å². The van der Waals surface area contributed by atoms with Crippen LogP contribution in [-0.2, 0) is 14.9 Å². The molecule has 1 saturated heterocycles. The molecule has 30 heavy (non-hydrogen) atoms. The highest BCUT2D eigenvalue weighted by Crippen LogP contribution is 2.33. The second kappa shape index (κ2) is 10.1. The minimum absolute atomic E-state index is 0.136. The van der Waals surface area contributed by atoms with Crippen molar-refractivity contribution >= 4 is 11.7 Å². The van der Waals surface area contributed by atoms with Crippen molar-refractivity contribution in [2.24, 2.45) is 0 Å². The van der Waals surface area contributed by atoms with Crippen LogP contribution in [0.1, 0.15) is 42.9 Å². The Labute approximate surface area is 181 Å². The van der Waals surface area contributed by atoms with Crippen molar-refractivity contribution in [3.63, 3.8) is 0 Å². The average molecular weight is 409 g/mol. The van der Waals surface area contributed by atoms with Crippen molar-refractivity contribution in [3.05, 3.63) is 65.2 Å². The number of anilines is 1. The number of benzene rings is 2. The summed E-state index contributed by atoms with van der Waals surface area (Å²) in [5.41, 5.74) is 5.09. The SMILES string of the molecule is COC(=O)CC(C)(CCCN1CCN(c2ccc(C)c(C)c2)CC1)c1ccccc1. The van der Waals surface area contributed by atoms with Gasteiger partial charge in [0.15, 0.2) is 0 Å². The van der Waals surface area contributed by atoms with Gasteiger partial charge in [-0.05, 0) is 62.1 Å². The zero-order valence-corrected chi connectivity index (χ0v) is 19.0. The number of rotatable bonds is 8. The summed E-state index contributed by atoms with van der Waals surface area (Å²) in [5, 5.41) is 0. The lowest BCUT2D eigenvalue weighted by molar-refractivity contribution is -0.142. The summed E-state index contributed by atoms with van der Waals surface area (Å²) >= 11 is 0. The van der Waals surface area contributed by atoms with Crippen LogP contribution >= 0.6 is 0 Å². The summed E-state index contributed by atoms with van der Waals surface area (Å²) in [5.74, 6) is -0.136. The van der Waals surface area contributed by atoms with Gasteiger partial charge < -0.3 is 9.64 Å². The van der Waals surface area contributed by atoms with Gasteiger partial charge in [-0.3, -0.25) is 9.69 Å². The number of hydrogen-bond acceptors (Lipinski definition) is 4. The molecule has 1 aliphatic rings. The maximum Gasteiger partial charge on any atom is 0.306 e. The standard InChI is InChI=1S/C26H36N2O2/c1-21-11-12-24(19-22(21)2)28-17-15-27(16-18-28)14-8-13-26(3,20-25(29)30-4)23-9-6-5-7-10-23/h5-7,9-12,19H,8,13-18,20H2,1-4H3. The first-order valence-corrected chi connectivity index (χ1v) is 11.1. The molecule has 0 radical (unpaired) electrons. The van der Waals surface area contributed by atoms with E-state index in [-0.39, 0.29) is 11.4 Å². The molecule has 1 aliphatic heterocycles. The van der Waals surface area contributed by atoms with E-state index in [9.17, 15) is 4.79 Å². The fourth-order valence-electron chi connectivity index (χ4n) is 4.41. The Morgan fingerprint density at radius 1 is 1.00 bits per heavy atom. The molecule has 1 heterocycles. The van der Waals surface area contributed by atoms with Gasteiger partial charge in [-0.2, -0.15) is 0 Å². The van der Waals surface area contributed by atoms with E-state index in [0.29, 0.717) is 6.42 Å². The molecule has 3 rings (SSSR count). The molecule has 4 nitrogen and oxygen atoms in total. The third-order valence-electron chi connectivity index (χ3n) is 6.66. The average Bonchev–Trinajstić information content (AvgIpc) is 2.76. The number of nitrogens with zero attached hydrogens (tertiary/aromatic N) is 2. The van der Waals surface area contributed by atoms with Crippen molar-refractivity contribution in [3.8, 4) is 0 Å². The molecule has 4 heteroatoms. The van der Waals surface area contributed by atoms with Gasteiger partial charge in [0.25, 0.3) is 0 Å². The zero-order chi connectivity index (χ0) is 21.6. The molecule has 0 spiro atoms. The molecule has 0 aliphatic carbocycles. The van der Waals surface area contributed by atoms with Crippen molar-refractivity contribution in [2.45, 2.75) is 45.4 Å². The van der Waals surface area contributed by atoms with Gasteiger partial charge in [0, 0.05) is 37.3 Å². The fraction of sp³-hybridized carbons (Fsp3) is 0.500. The molecule has 2 aromatic carbocycles. The Bertz CT molecular complexity index is 828. The molecule has 2 aromatic rings. The van der Waals surface area contributed by atoms with E-state index in [2.05, 4.69) is 73.0 Å². The highest BCUT2D eigenvalue weighted by atomic mass is 16.5. The van der Waals surface area contributed by atoms with Gasteiger partial charge >= 0.3 is 5.97 Å². The lowest BCUT2D eigenvalue weighted by atomic mass is 9.76. The Kier molecular flexibility index (Phi) is 7.54. The van der Waals surface area contributed by atoms with Crippen molar-refractivity contribution < 1.29 is 9.53 Å². The van der Waals surface area contributed by atoms with Crippen molar-refractivity contribution in [1.29, 1.82) is 0 Å². The van der Waals surface area contributed by atoms with Crippen LogP contribution in [0.25, 0.3) is 0 Å². The fourth-order valence-corrected chi connectivity index (χ4v) is 4.41. The number of carbonyl (C=O) groups excluding carboxylic acids is 1. The van der Waals surface area contributed by atoms with E-state index in [0.717, 1.165) is 45.6 Å². The van der Waals surface area contributed by atoms with Crippen LogP contribution in [0.4, 0.5) is 5.69 Å². The second-order valence-corrected chi connectivity index (χ2v) is 8.88. The van der Waals surface area contributed by atoms with Crippen molar-refractivity contribution in [1.82, 2.24) is 4.90 Å². The van der Waals surface area contributed by atoms with Crippen LogP contribution in [0.2, 0.25) is 0 Å². The Hall–Kier alpha value is -2.33. The summed E-state index contributed by atoms with van der Waals surface area (Å²) < 4.78 is 4.98. The Balaban J connectivity index is 1.52. The third-order valence-corrected chi connectivity index (χ3v) is 6.66. The van der Waals surface area contributed by atoms with E-state index in [1.807, 2.05) is 6.07 Å². The largest absolute Gasteiger partial charge is 0.469 e. The number of aryl methyl sites for hydroxylation is 2. The highest BCUT2D eigenvalue weighted by Gasteiger charge is 2.30. The molecular weight excluding hydrogens is 372 g/mol. The predicted octanol–water partition coefficient (Wildman–Crippen LogP) is 4.73. The van der Waals surface area contributed by atoms with Gasteiger partial charge in [-0.1, -0.05) is 43.3 Å². The Morgan fingerprint density at radius 3 is 2.33 bits per heavy atom. The van der Waals surface area contributed by atoms with Gasteiger partial charge in [0.2, 0.25) is 0 Å². The molecular formula is C26H36N2O2. The summed E-state index contributed by atoms with van der Waals surface area (Å²) in [4.78, 5) is 17.1. The highest BCUT2D eigenvalue weighted by molar-refractivity contribution is 5.71. The molecule has 1 unspecified atom stereocenters. The monoisotopic (exact) mass is 408 g/mol.